The molecule has 1 saturated heterocycles. The predicted octanol–water partition coefficient (Wildman–Crippen LogP) is 3.91. The number of carbonyl (C=O) groups is 1. The monoisotopic (exact) mass is 341 g/mol. The lowest BCUT2D eigenvalue weighted by atomic mass is 10.0. The van der Waals surface area contributed by atoms with Gasteiger partial charge in [0, 0.05) is 12.1 Å². The van der Waals surface area contributed by atoms with Crippen molar-refractivity contribution >= 4 is 34.7 Å². The fourth-order valence-electron chi connectivity index (χ4n) is 2.81. The van der Waals surface area contributed by atoms with E-state index in [0.717, 1.165) is 42.9 Å². The van der Waals surface area contributed by atoms with Crippen molar-refractivity contribution in [3.05, 3.63) is 52.7 Å². The maximum absolute atomic E-state index is 12.2. The number of nitrogens with one attached hydrogen (secondary N) is 2. The third-order valence-corrected chi connectivity index (χ3v) is 4.93. The van der Waals surface area contributed by atoms with Gasteiger partial charge in [0.15, 0.2) is 0 Å². The topological polar surface area (TPSA) is 44.4 Å². The molecule has 2 aromatic rings. The van der Waals surface area contributed by atoms with Crippen LogP contribution in [0.3, 0.4) is 0 Å². The highest BCUT2D eigenvalue weighted by atomic mass is 32.1. The number of hydrogen-bond donors (Lipinski definition) is 2. The summed E-state index contributed by atoms with van der Waals surface area (Å²) < 4.78 is 0. The molecule has 0 bridgehead atoms. The van der Waals surface area contributed by atoms with Crippen LogP contribution in [0.2, 0.25) is 0 Å². The first kappa shape index (κ1) is 16.7. The van der Waals surface area contributed by atoms with E-state index in [1.165, 1.54) is 0 Å². The summed E-state index contributed by atoms with van der Waals surface area (Å²) in [6.45, 7) is 2.21. The van der Waals surface area contributed by atoms with Crippen LogP contribution in [-0.4, -0.2) is 37.0 Å². The number of hydrogen-bond acceptors (Lipinski definition) is 4. The highest BCUT2D eigenvalue weighted by molar-refractivity contribution is 7.08. The molecule has 24 heavy (non-hydrogen) atoms. The number of rotatable bonds is 5. The largest absolute Gasteiger partial charge is 0.381 e. The number of anilines is 2. The zero-order chi connectivity index (χ0) is 16.8. The first-order valence-electron chi connectivity index (χ1n) is 8.26. The molecule has 0 spiro atoms. The van der Waals surface area contributed by atoms with Crippen molar-refractivity contribution in [2.75, 3.05) is 30.8 Å². The molecule has 2 heterocycles. The first-order valence-corrected chi connectivity index (χ1v) is 9.20. The van der Waals surface area contributed by atoms with E-state index < -0.39 is 0 Å². The zero-order valence-corrected chi connectivity index (χ0v) is 14.7. The molecule has 0 saturated carbocycles. The van der Waals surface area contributed by atoms with E-state index >= 15 is 0 Å². The van der Waals surface area contributed by atoms with Gasteiger partial charge in [0.2, 0.25) is 5.91 Å². The van der Waals surface area contributed by atoms with E-state index in [0.29, 0.717) is 6.04 Å². The maximum atomic E-state index is 12.2. The Morgan fingerprint density at radius 2 is 1.96 bits per heavy atom. The minimum absolute atomic E-state index is 0.112. The third-order valence-electron chi connectivity index (χ3n) is 4.23. The lowest BCUT2D eigenvalue weighted by Crippen LogP contribution is -2.36. The summed E-state index contributed by atoms with van der Waals surface area (Å²) in [5.41, 5.74) is 2.87. The van der Waals surface area contributed by atoms with E-state index in [1.807, 2.05) is 47.2 Å². The number of piperidine rings is 1. The minimum atomic E-state index is -0.112. The molecule has 3 rings (SSSR count). The molecule has 1 aromatic heterocycles. The van der Waals surface area contributed by atoms with Crippen LogP contribution in [0.1, 0.15) is 18.4 Å². The Hall–Kier alpha value is -2.11. The number of carbonyl (C=O) groups excluding carboxylic acids is 1. The molecular weight excluding hydrogens is 318 g/mol. The smallest absolute Gasteiger partial charge is 0.248 e. The third kappa shape index (κ3) is 4.69. The van der Waals surface area contributed by atoms with Gasteiger partial charge in [0.25, 0.3) is 0 Å². The molecule has 1 aliphatic rings. The Morgan fingerprint density at radius 3 is 2.67 bits per heavy atom. The number of benzene rings is 1. The molecule has 0 aliphatic carbocycles. The number of para-hydroxylation sites is 2. The van der Waals surface area contributed by atoms with Crippen molar-refractivity contribution in [1.29, 1.82) is 0 Å². The van der Waals surface area contributed by atoms with Gasteiger partial charge in [-0.1, -0.05) is 12.1 Å². The van der Waals surface area contributed by atoms with E-state index in [2.05, 4.69) is 22.6 Å². The van der Waals surface area contributed by atoms with Gasteiger partial charge in [-0.3, -0.25) is 4.79 Å². The number of amides is 1. The highest BCUT2D eigenvalue weighted by Crippen LogP contribution is 2.24. The van der Waals surface area contributed by atoms with Crippen molar-refractivity contribution < 1.29 is 4.79 Å². The number of thiophene rings is 1. The summed E-state index contributed by atoms with van der Waals surface area (Å²) >= 11 is 1.62. The van der Waals surface area contributed by atoms with Gasteiger partial charge in [0.05, 0.1) is 11.4 Å². The van der Waals surface area contributed by atoms with Crippen molar-refractivity contribution in [2.24, 2.45) is 0 Å². The second kappa shape index (κ2) is 8.13. The maximum Gasteiger partial charge on any atom is 0.248 e. The fraction of sp³-hybridized carbons (Fsp3) is 0.316. The number of nitrogens with zero attached hydrogens (tertiary/aromatic N) is 1. The second-order valence-corrected chi connectivity index (χ2v) is 6.93. The van der Waals surface area contributed by atoms with E-state index in [9.17, 15) is 4.79 Å². The highest BCUT2D eigenvalue weighted by Gasteiger charge is 2.17. The molecule has 2 N–H and O–H groups in total. The molecule has 1 amide bonds. The first-order chi connectivity index (χ1) is 11.7. The quantitative estimate of drug-likeness (QED) is 0.811. The van der Waals surface area contributed by atoms with Crippen LogP contribution in [0.4, 0.5) is 11.4 Å². The zero-order valence-electron chi connectivity index (χ0n) is 13.9. The average Bonchev–Trinajstić information content (AvgIpc) is 3.10. The van der Waals surface area contributed by atoms with Gasteiger partial charge >= 0.3 is 0 Å². The van der Waals surface area contributed by atoms with Crippen LogP contribution in [0.25, 0.3) is 6.08 Å². The van der Waals surface area contributed by atoms with Crippen LogP contribution in [0.15, 0.2) is 47.2 Å². The van der Waals surface area contributed by atoms with Gasteiger partial charge in [-0.15, -0.1) is 0 Å². The van der Waals surface area contributed by atoms with E-state index in [1.54, 1.807) is 17.4 Å². The lowest BCUT2D eigenvalue weighted by molar-refractivity contribution is -0.111. The van der Waals surface area contributed by atoms with Crippen LogP contribution in [0.5, 0.6) is 0 Å². The Morgan fingerprint density at radius 1 is 1.21 bits per heavy atom. The van der Waals surface area contributed by atoms with Crippen molar-refractivity contribution in [1.82, 2.24) is 4.90 Å². The van der Waals surface area contributed by atoms with Gasteiger partial charge in [-0.05, 0) is 73.6 Å². The lowest BCUT2D eigenvalue weighted by Gasteiger charge is -2.30. The van der Waals surface area contributed by atoms with Crippen LogP contribution < -0.4 is 10.6 Å². The Balaban J connectivity index is 1.62. The normalized spacial score (nSPS) is 16.4. The van der Waals surface area contributed by atoms with Gasteiger partial charge < -0.3 is 15.5 Å². The van der Waals surface area contributed by atoms with Crippen molar-refractivity contribution in [3.8, 4) is 0 Å². The van der Waals surface area contributed by atoms with E-state index in [4.69, 9.17) is 0 Å². The molecule has 1 fully saturated rings. The van der Waals surface area contributed by atoms with Crippen LogP contribution in [0, 0.1) is 0 Å². The standard InChI is InChI=1S/C19H23N3OS/c1-22-11-8-16(9-12-22)20-17-4-2-3-5-18(17)21-19(23)7-6-15-10-13-24-14-15/h2-7,10,13-14,16,20H,8-9,11-12H2,1H3,(H,21,23)/b7-6-. The molecule has 1 aromatic carbocycles. The molecule has 0 unspecified atom stereocenters. The molecule has 4 nitrogen and oxygen atoms in total. The van der Waals surface area contributed by atoms with Gasteiger partial charge in [-0.2, -0.15) is 11.3 Å². The molecule has 126 valence electrons. The summed E-state index contributed by atoms with van der Waals surface area (Å²) in [6.07, 6.45) is 5.65. The summed E-state index contributed by atoms with van der Waals surface area (Å²) in [4.78, 5) is 14.5. The second-order valence-electron chi connectivity index (χ2n) is 6.15. The predicted molar refractivity (Wildman–Crippen MR) is 103 cm³/mol. The fourth-order valence-corrected chi connectivity index (χ4v) is 3.44. The van der Waals surface area contributed by atoms with Crippen molar-refractivity contribution in [2.45, 2.75) is 18.9 Å². The molecule has 0 radical (unpaired) electrons. The molecule has 1 aliphatic heterocycles. The Bertz CT molecular complexity index is 688. The van der Waals surface area contributed by atoms with Gasteiger partial charge in [0.1, 0.15) is 0 Å². The summed E-state index contributed by atoms with van der Waals surface area (Å²) in [5, 5.41) is 10.6. The van der Waals surface area contributed by atoms with Crippen LogP contribution >= 0.6 is 11.3 Å². The SMILES string of the molecule is CN1CCC(Nc2ccccc2NC(=O)/C=C\c2ccsc2)CC1. The number of likely N-dealkylation sites (tertiary alicyclic amines) is 1. The Labute approximate surface area is 147 Å². The molecule has 5 heteroatoms. The van der Waals surface area contributed by atoms with Crippen LogP contribution in [-0.2, 0) is 4.79 Å². The average molecular weight is 341 g/mol. The minimum Gasteiger partial charge on any atom is -0.381 e. The molecule has 0 atom stereocenters. The van der Waals surface area contributed by atoms with E-state index in [-0.39, 0.29) is 5.91 Å². The summed E-state index contributed by atoms with van der Waals surface area (Å²) in [6, 6.07) is 10.3. The van der Waals surface area contributed by atoms with Crippen molar-refractivity contribution in [3.63, 3.8) is 0 Å². The summed E-state index contributed by atoms with van der Waals surface area (Å²) in [7, 11) is 2.16. The van der Waals surface area contributed by atoms with Gasteiger partial charge in [-0.25, -0.2) is 0 Å². The summed E-state index contributed by atoms with van der Waals surface area (Å²) in [5.74, 6) is -0.112. The molecular formula is C19H23N3OS. The Kier molecular flexibility index (Phi) is 5.67.